The van der Waals surface area contributed by atoms with Crippen LogP contribution in [0.3, 0.4) is 0 Å². The standard InChI is InChI=1S/C15H19ClN2O/c16-11-4-1-3-10(7-11)13-8-14(13)15(19)18-9-12-5-2-6-17-12/h1,3-4,7,12-14,17H,2,5-6,8-9H2,(H,18,19). The second-order valence-corrected chi connectivity index (χ2v) is 5.98. The van der Waals surface area contributed by atoms with Crippen molar-refractivity contribution in [2.45, 2.75) is 31.2 Å². The SMILES string of the molecule is O=C(NCC1CCCN1)C1CC1c1cccc(Cl)c1. The van der Waals surface area contributed by atoms with Crippen LogP contribution in [-0.2, 0) is 4.79 Å². The Bertz CT molecular complexity index is 471. The molecule has 1 aliphatic heterocycles. The van der Waals surface area contributed by atoms with Crippen molar-refractivity contribution in [1.82, 2.24) is 10.6 Å². The molecule has 0 radical (unpaired) electrons. The first-order chi connectivity index (χ1) is 9.24. The molecule has 0 aromatic heterocycles. The lowest BCUT2D eigenvalue weighted by Crippen LogP contribution is -2.37. The number of carbonyl (C=O) groups excluding carboxylic acids is 1. The van der Waals surface area contributed by atoms with Gasteiger partial charge in [0.15, 0.2) is 0 Å². The van der Waals surface area contributed by atoms with Crippen molar-refractivity contribution >= 4 is 17.5 Å². The highest BCUT2D eigenvalue weighted by Gasteiger charge is 2.43. The Morgan fingerprint density at radius 3 is 3.11 bits per heavy atom. The first-order valence-electron chi connectivity index (χ1n) is 7.00. The molecule has 3 nitrogen and oxygen atoms in total. The van der Waals surface area contributed by atoms with Crippen LogP contribution < -0.4 is 10.6 Å². The summed E-state index contributed by atoms with van der Waals surface area (Å²) < 4.78 is 0. The number of amides is 1. The maximum absolute atomic E-state index is 12.1. The summed E-state index contributed by atoms with van der Waals surface area (Å²) in [5.74, 6) is 0.689. The summed E-state index contributed by atoms with van der Waals surface area (Å²) in [6, 6.07) is 8.31. The molecule has 1 saturated carbocycles. The van der Waals surface area contributed by atoms with Crippen molar-refractivity contribution in [3.63, 3.8) is 0 Å². The average molecular weight is 279 g/mol. The number of nitrogens with one attached hydrogen (secondary N) is 2. The van der Waals surface area contributed by atoms with E-state index in [-0.39, 0.29) is 11.8 Å². The molecule has 19 heavy (non-hydrogen) atoms. The quantitative estimate of drug-likeness (QED) is 0.887. The number of benzene rings is 1. The van der Waals surface area contributed by atoms with Crippen LogP contribution in [0.5, 0.6) is 0 Å². The maximum atomic E-state index is 12.1. The molecule has 0 bridgehead atoms. The second-order valence-electron chi connectivity index (χ2n) is 5.54. The van der Waals surface area contributed by atoms with Crippen LogP contribution in [0.1, 0.15) is 30.7 Å². The van der Waals surface area contributed by atoms with Gasteiger partial charge in [-0.2, -0.15) is 0 Å². The first-order valence-corrected chi connectivity index (χ1v) is 7.38. The Morgan fingerprint density at radius 2 is 2.37 bits per heavy atom. The largest absolute Gasteiger partial charge is 0.354 e. The lowest BCUT2D eigenvalue weighted by molar-refractivity contribution is -0.122. The summed E-state index contributed by atoms with van der Waals surface area (Å²) in [5, 5.41) is 7.20. The smallest absolute Gasteiger partial charge is 0.223 e. The van der Waals surface area contributed by atoms with Gasteiger partial charge in [-0.15, -0.1) is 0 Å². The molecular weight excluding hydrogens is 260 g/mol. The summed E-state index contributed by atoms with van der Waals surface area (Å²) >= 11 is 5.98. The van der Waals surface area contributed by atoms with Gasteiger partial charge in [0, 0.05) is 23.5 Å². The highest BCUT2D eigenvalue weighted by molar-refractivity contribution is 6.30. The Morgan fingerprint density at radius 1 is 1.47 bits per heavy atom. The molecule has 0 spiro atoms. The van der Waals surface area contributed by atoms with Gasteiger partial charge >= 0.3 is 0 Å². The van der Waals surface area contributed by atoms with Crippen LogP contribution in [0, 0.1) is 5.92 Å². The van der Waals surface area contributed by atoms with Crippen molar-refractivity contribution in [2.24, 2.45) is 5.92 Å². The van der Waals surface area contributed by atoms with Crippen molar-refractivity contribution in [3.8, 4) is 0 Å². The molecule has 3 unspecified atom stereocenters. The number of rotatable bonds is 4. The van der Waals surface area contributed by atoms with E-state index in [4.69, 9.17) is 11.6 Å². The zero-order valence-electron chi connectivity index (χ0n) is 10.9. The minimum atomic E-state index is 0.139. The molecule has 102 valence electrons. The highest BCUT2D eigenvalue weighted by atomic mass is 35.5. The Kier molecular flexibility index (Phi) is 3.76. The fourth-order valence-corrected chi connectivity index (χ4v) is 3.07. The van der Waals surface area contributed by atoms with Gasteiger partial charge in [-0.3, -0.25) is 4.79 Å². The lowest BCUT2D eigenvalue weighted by atomic mass is 10.1. The molecule has 1 aromatic carbocycles. The van der Waals surface area contributed by atoms with E-state index in [1.807, 2.05) is 18.2 Å². The Balaban J connectivity index is 1.50. The van der Waals surface area contributed by atoms with E-state index < -0.39 is 0 Å². The second kappa shape index (κ2) is 5.51. The lowest BCUT2D eigenvalue weighted by Gasteiger charge is -2.11. The van der Waals surface area contributed by atoms with E-state index in [1.54, 1.807) is 0 Å². The number of halogens is 1. The molecular formula is C15H19ClN2O. The van der Waals surface area contributed by atoms with Crippen molar-refractivity contribution < 1.29 is 4.79 Å². The summed E-state index contributed by atoms with van der Waals surface area (Å²) in [4.78, 5) is 12.1. The third-order valence-corrected chi connectivity index (χ3v) is 4.32. The van der Waals surface area contributed by atoms with Gasteiger partial charge in [-0.1, -0.05) is 23.7 Å². The topological polar surface area (TPSA) is 41.1 Å². The molecule has 2 aliphatic rings. The van der Waals surface area contributed by atoms with Gasteiger partial charge in [-0.25, -0.2) is 0 Å². The molecule has 1 amide bonds. The zero-order valence-corrected chi connectivity index (χ0v) is 11.6. The normalized spacial score (nSPS) is 29.2. The van der Waals surface area contributed by atoms with Gasteiger partial charge in [0.05, 0.1) is 0 Å². The van der Waals surface area contributed by atoms with E-state index in [1.165, 1.54) is 18.4 Å². The van der Waals surface area contributed by atoms with Gasteiger partial charge in [0.2, 0.25) is 5.91 Å². The predicted octanol–water partition coefficient (Wildman–Crippen LogP) is 2.31. The van der Waals surface area contributed by atoms with Crippen molar-refractivity contribution in [3.05, 3.63) is 34.9 Å². The van der Waals surface area contributed by atoms with E-state index >= 15 is 0 Å². The Labute approximate surface area is 118 Å². The third kappa shape index (κ3) is 3.10. The van der Waals surface area contributed by atoms with E-state index in [0.717, 1.165) is 24.5 Å². The molecule has 2 fully saturated rings. The molecule has 4 heteroatoms. The van der Waals surface area contributed by atoms with E-state index in [0.29, 0.717) is 12.0 Å². The predicted molar refractivity (Wildman–Crippen MR) is 76.3 cm³/mol. The summed E-state index contributed by atoms with van der Waals surface area (Å²) in [7, 11) is 0. The number of hydrogen-bond donors (Lipinski definition) is 2. The molecule has 1 saturated heterocycles. The zero-order chi connectivity index (χ0) is 13.2. The van der Waals surface area contributed by atoms with Gasteiger partial charge in [0.1, 0.15) is 0 Å². The Hall–Kier alpha value is -1.06. The molecule has 1 heterocycles. The van der Waals surface area contributed by atoms with Crippen LogP contribution in [0.15, 0.2) is 24.3 Å². The summed E-state index contributed by atoms with van der Waals surface area (Å²) in [6.45, 7) is 1.84. The van der Waals surface area contributed by atoms with Crippen LogP contribution >= 0.6 is 11.6 Å². The monoisotopic (exact) mass is 278 g/mol. The van der Waals surface area contributed by atoms with Crippen LogP contribution in [0.2, 0.25) is 5.02 Å². The fourth-order valence-electron chi connectivity index (χ4n) is 2.88. The van der Waals surface area contributed by atoms with Gasteiger partial charge < -0.3 is 10.6 Å². The molecule has 1 aromatic rings. The van der Waals surface area contributed by atoms with Crippen LogP contribution in [-0.4, -0.2) is 25.0 Å². The minimum absolute atomic E-state index is 0.139. The van der Waals surface area contributed by atoms with Gasteiger partial charge in [0.25, 0.3) is 0 Å². The third-order valence-electron chi connectivity index (χ3n) is 4.09. The van der Waals surface area contributed by atoms with Crippen LogP contribution in [0.4, 0.5) is 0 Å². The average Bonchev–Trinajstić information content (AvgIpc) is 3.04. The van der Waals surface area contributed by atoms with Gasteiger partial charge in [-0.05, 0) is 49.4 Å². The summed E-state index contributed by atoms with van der Waals surface area (Å²) in [6.07, 6.45) is 3.34. The molecule has 1 aliphatic carbocycles. The fraction of sp³-hybridized carbons (Fsp3) is 0.533. The van der Waals surface area contributed by atoms with Crippen LogP contribution in [0.25, 0.3) is 0 Å². The first kappa shape index (κ1) is 12.9. The summed E-state index contributed by atoms with van der Waals surface area (Å²) in [5.41, 5.74) is 1.19. The van der Waals surface area contributed by atoms with E-state index in [9.17, 15) is 4.79 Å². The van der Waals surface area contributed by atoms with E-state index in [2.05, 4.69) is 16.7 Å². The van der Waals surface area contributed by atoms with Crippen molar-refractivity contribution in [1.29, 1.82) is 0 Å². The minimum Gasteiger partial charge on any atom is -0.354 e. The molecule has 2 N–H and O–H groups in total. The maximum Gasteiger partial charge on any atom is 0.223 e. The molecule has 3 atom stereocenters. The highest BCUT2D eigenvalue weighted by Crippen LogP contribution is 2.47. The van der Waals surface area contributed by atoms with Crippen molar-refractivity contribution in [2.75, 3.05) is 13.1 Å². The number of carbonyl (C=O) groups is 1. The molecule has 3 rings (SSSR count). The number of hydrogen-bond acceptors (Lipinski definition) is 2.